The highest BCUT2D eigenvalue weighted by atomic mass is 32.2. The number of rotatable bonds is 10. The van der Waals surface area contributed by atoms with Crippen LogP contribution in [0.1, 0.15) is 46.5 Å². The fourth-order valence-electron chi connectivity index (χ4n) is 2.26. The molecule has 0 aromatic heterocycles. The van der Waals surface area contributed by atoms with E-state index in [0.29, 0.717) is 6.54 Å². The second-order valence-corrected chi connectivity index (χ2v) is 7.81. The summed E-state index contributed by atoms with van der Waals surface area (Å²) < 4.78 is 40.8. The summed E-state index contributed by atoms with van der Waals surface area (Å²) in [6.07, 6.45) is 4.07. The molecule has 1 atom stereocenters. The van der Waals surface area contributed by atoms with E-state index in [1.54, 1.807) is 13.8 Å². The third-order valence-electron chi connectivity index (χ3n) is 3.69. The maximum absolute atomic E-state index is 13.7. The van der Waals surface area contributed by atoms with Crippen LogP contribution in [0.4, 0.5) is 4.39 Å². The maximum atomic E-state index is 13.7. The topological polar surface area (TPSA) is 75.3 Å². The number of benzene rings is 1. The molecule has 0 aliphatic carbocycles. The van der Waals surface area contributed by atoms with Crippen molar-refractivity contribution >= 4 is 15.9 Å². The highest BCUT2D eigenvalue weighted by Crippen LogP contribution is 2.15. The molecule has 7 heteroatoms. The van der Waals surface area contributed by atoms with Gasteiger partial charge in [0.25, 0.3) is 0 Å². The zero-order chi connectivity index (χ0) is 18.2. The lowest BCUT2D eigenvalue weighted by Crippen LogP contribution is -2.49. The van der Waals surface area contributed by atoms with Gasteiger partial charge in [-0.1, -0.05) is 52.2 Å². The summed E-state index contributed by atoms with van der Waals surface area (Å²) in [4.78, 5) is 11.8. The van der Waals surface area contributed by atoms with Gasteiger partial charge in [-0.25, -0.2) is 12.8 Å². The summed E-state index contributed by atoms with van der Waals surface area (Å²) in [6, 6.07) is 4.16. The van der Waals surface area contributed by atoms with E-state index in [9.17, 15) is 17.6 Å². The number of carbonyl (C=O) groups excluding carboxylic acids is 1. The lowest BCUT2D eigenvalue weighted by atomic mass is 10.0. The number of halogens is 1. The van der Waals surface area contributed by atoms with Crippen LogP contribution in [0.25, 0.3) is 0 Å². The molecule has 0 heterocycles. The number of sulfonamides is 1. The van der Waals surface area contributed by atoms with E-state index >= 15 is 0 Å². The second-order valence-electron chi connectivity index (χ2n) is 6.13. The van der Waals surface area contributed by atoms with Gasteiger partial charge in [0.05, 0.1) is 0 Å². The van der Waals surface area contributed by atoms with Crippen molar-refractivity contribution in [1.29, 1.82) is 0 Å². The molecule has 0 aliphatic rings. The summed E-state index contributed by atoms with van der Waals surface area (Å²) >= 11 is 0. The van der Waals surface area contributed by atoms with Crippen LogP contribution < -0.4 is 10.0 Å². The van der Waals surface area contributed by atoms with Crippen molar-refractivity contribution in [2.24, 2.45) is 5.92 Å². The standard InChI is InChI=1S/C17H27FN2O3S/c1-4-5-6-9-12-19-17(21)16(13(2)3)20-24(22,23)15-11-8-7-10-14(15)18/h7-8,10-11,13,16,20H,4-6,9,12H2,1-3H3,(H,19,21)/t16-/m0/s1. The first-order valence-electron chi connectivity index (χ1n) is 8.34. The van der Waals surface area contributed by atoms with E-state index < -0.39 is 26.8 Å². The number of hydrogen-bond acceptors (Lipinski definition) is 3. The largest absolute Gasteiger partial charge is 0.355 e. The van der Waals surface area contributed by atoms with Crippen LogP contribution in [-0.2, 0) is 14.8 Å². The van der Waals surface area contributed by atoms with Crippen LogP contribution in [0, 0.1) is 11.7 Å². The van der Waals surface area contributed by atoms with E-state index in [1.165, 1.54) is 18.2 Å². The van der Waals surface area contributed by atoms with Gasteiger partial charge in [0.15, 0.2) is 0 Å². The van der Waals surface area contributed by atoms with Gasteiger partial charge in [0, 0.05) is 6.54 Å². The van der Waals surface area contributed by atoms with Gasteiger partial charge in [-0.3, -0.25) is 4.79 Å². The smallest absolute Gasteiger partial charge is 0.244 e. The van der Waals surface area contributed by atoms with Crippen LogP contribution in [0.15, 0.2) is 29.2 Å². The molecule has 0 saturated carbocycles. The quantitative estimate of drug-likeness (QED) is 0.632. The minimum absolute atomic E-state index is 0.262. The van der Waals surface area contributed by atoms with Crippen molar-refractivity contribution in [3.63, 3.8) is 0 Å². The summed E-state index contributed by atoms with van der Waals surface area (Å²) in [7, 11) is -4.11. The minimum Gasteiger partial charge on any atom is -0.355 e. The Morgan fingerprint density at radius 3 is 2.42 bits per heavy atom. The van der Waals surface area contributed by atoms with Crippen molar-refractivity contribution in [2.45, 2.75) is 57.4 Å². The minimum atomic E-state index is -4.11. The monoisotopic (exact) mass is 358 g/mol. The van der Waals surface area contributed by atoms with E-state index in [2.05, 4.69) is 17.0 Å². The first-order valence-corrected chi connectivity index (χ1v) is 9.82. The van der Waals surface area contributed by atoms with Gasteiger partial charge in [0.2, 0.25) is 15.9 Å². The van der Waals surface area contributed by atoms with Crippen LogP contribution in [0.3, 0.4) is 0 Å². The van der Waals surface area contributed by atoms with Crippen LogP contribution in [-0.4, -0.2) is 26.9 Å². The molecule has 0 radical (unpaired) electrons. The third kappa shape index (κ3) is 6.20. The summed E-state index contributed by atoms with van der Waals surface area (Å²) in [5.41, 5.74) is 0. The van der Waals surface area contributed by atoms with Crippen LogP contribution in [0.5, 0.6) is 0 Å². The van der Waals surface area contributed by atoms with Crippen molar-refractivity contribution in [3.05, 3.63) is 30.1 Å². The molecule has 5 nitrogen and oxygen atoms in total. The third-order valence-corrected chi connectivity index (χ3v) is 5.16. The van der Waals surface area contributed by atoms with E-state index in [0.717, 1.165) is 31.7 Å². The molecule has 0 unspecified atom stereocenters. The van der Waals surface area contributed by atoms with Crippen molar-refractivity contribution in [2.75, 3.05) is 6.54 Å². The fourth-order valence-corrected chi connectivity index (χ4v) is 3.68. The molecule has 0 saturated heterocycles. The number of amides is 1. The number of hydrogen-bond donors (Lipinski definition) is 2. The van der Waals surface area contributed by atoms with Gasteiger partial charge >= 0.3 is 0 Å². The predicted molar refractivity (Wildman–Crippen MR) is 92.5 cm³/mol. The maximum Gasteiger partial charge on any atom is 0.244 e. The number of carbonyl (C=O) groups is 1. The Morgan fingerprint density at radius 1 is 1.17 bits per heavy atom. The molecule has 2 N–H and O–H groups in total. The summed E-state index contributed by atoms with van der Waals surface area (Å²) in [5.74, 6) is -1.49. The molecule has 1 aromatic rings. The lowest BCUT2D eigenvalue weighted by molar-refractivity contribution is -0.123. The molecule has 24 heavy (non-hydrogen) atoms. The van der Waals surface area contributed by atoms with E-state index in [1.807, 2.05) is 0 Å². The van der Waals surface area contributed by atoms with Crippen molar-refractivity contribution < 1.29 is 17.6 Å². The van der Waals surface area contributed by atoms with Crippen molar-refractivity contribution in [3.8, 4) is 0 Å². The van der Waals surface area contributed by atoms with Gasteiger partial charge in [-0.2, -0.15) is 4.72 Å². The van der Waals surface area contributed by atoms with Crippen LogP contribution in [0.2, 0.25) is 0 Å². The first kappa shape index (κ1) is 20.6. The predicted octanol–water partition coefficient (Wildman–Crippen LogP) is 2.83. The first-order chi connectivity index (χ1) is 11.3. The van der Waals surface area contributed by atoms with Crippen molar-refractivity contribution in [1.82, 2.24) is 10.0 Å². The zero-order valence-corrected chi connectivity index (χ0v) is 15.3. The molecule has 0 bridgehead atoms. The molecule has 0 fully saturated rings. The van der Waals surface area contributed by atoms with E-state index in [4.69, 9.17) is 0 Å². The fraction of sp³-hybridized carbons (Fsp3) is 0.588. The van der Waals surface area contributed by atoms with Gasteiger partial charge in [-0.15, -0.1) is 0 Å². The summed E-state index contributed by atoms with van der Waals surface area (Å²) in [5, 5.41) is 2.75. The highest BCUT2D eigenvalue weighted by molar-refractivity contribution is 7.89. The normalized spacial score (nSPS) is 13.0. The molecule has 1 aromatic carbocycles. The average molecular weight is 358 g/mol. The molecule has 0 aliphatic heterocycles. The Labute approximate surface area is 144 Å². The SMILES string of the molecule is CCCCCCNC(=O)[C@@H](NS(=O)(=O)c1ccccc1F)C(C)C. The Morgan fingerprint density at radius 2 is 1.83 bits per heavy atom. The average Bonchev–Trinajstić information content (AvgIpc) is 2.52. The second kappa shape index (κ2) is 9.74. The molecular weight excluding hydrogens is 331 g/mol. The zero-order valence-electron chi connectivity index (χ0n) is 14.5. The Bertz CT molecular complexity index is 632. The number of unbranched alkanes of at least 4 members (excludes halogenated alkanes) is 3. The van der Waals surface area contributed by atoms with Crippen LogP contribution >= 0.6 is 0 Å². The lowest BCUT2D eigenvalue weighted by Gasteiger charge is -2.21. The number of nitrogens with one attached hydrogen (secondary N) is 2. The summed E-state index contributed by atoms with van der Waals surface area (Å²) in [6.45, 7) is 6.09. The highest BCUT2D eigenvalue weighted by Gasteiger charge is 2.29. The Kier molecular flexibility index (Phi) is 8.35. The molecule has 136 valence electrons. The molecule has 1 amide bonds. The Hall–Kier alpha value is -1.47. The van der Waals surface area contributed by atoms with Gasteiger partial charge < -0.3 is 5.32 Å². The Balaban J connectivity index is 2.75. The van der Waals surface area contributed by atoms with E-state index in [-0.39, 0.29) is 11.8 Å². The molecule has 1 rings (SSSR count). The molecular formula is C17H27FN2O3S. The van der Waals surface area contributed by atoms with Gasteiger partial charge in [-0.05, 0) is 24.5 Å². The molecule has 0 spiro atoms. The van der Waals surface area contributed by atoms with Gasteiger partial charge in [0.1, 0.15) is 16.8 Å².